The van der Waals surface area contributed by atoms with Gasteiger partial charge >= 0.3 is 12.4 Å². The van der Waals surface area contributed by atoms with Crippen LogP contribution < -0.4 is 10.5 Å². The van der Waals surface area contributed by atoms with Crippen molar-refractivity contribution in [3.05, 3.63) is 24.3 Å². The molecule has 0 atom stereocenters. The minimum absolute atomic E-state index is 0.115. The first-order valence-electron chi connectivity index (χ1n) is 4.39. The van der Waals surface area contributed by atoms with Crippen LogP contribution in [0.3, 0.4) is 0 Å². The quantitative estimate of drug-likeness (QED) is 0.877. The van der Waals surface area contributed by atoms with Crippen molar-refractivity contribution in [1.29, 1.82) is 0 Å². The molecule has 0 spiro atoms. The van der Waals surface area contributed by atoms with Crippen molar-refractivity contribution in [3.8, 4) is 17.1 Å². The molecule has 1 aromatic heterocycles. The first kappa shape index (κ1) is 11.2. The molecular weight excluding hydrogens is 239 g/mol. The van der Waals surface area contributed by atoms with E-state index in [4.69, 9.17) is 5.73 Å². The lowest BCUT2D eigenvalue weighted by atomic mass is 10.2. The molecule has 0 aliphatic carbocycles. The number of ether oxygens (including phenoxy) is 1. The van der Waals surface area contributed by atoms with Gasteiger partial charge in [0.1, 0.15) is 5.75 Å². The molecule has 0 aliphatic heterocycles. The number of hydrogen-bond acceptors (Lipinski definition) is 5. The Hall–Kier alpha value is -2.25. The fourth-order valence-corrected chi connectivity index (χ4v) is 1.16. The minimum Gasteiger partial charge on any atom is -0.406 e. The Balaban J connectivity index is 2.19. The number of benzene rings is 1. The number of rotatable bonds is 2. The fourth-order valence-electron chi connectivity index (χ4n) is 1.16. The van der Waals surface area contributed by atoms with E-state index in [9.17, 15) is 13.2 Å². The summed E-state index contributed by atoms with van der Waals surface area (Å²) in [6.45, 7) is 0. The standard InChI is InChI=1S/C9H6F3N3O2/c10-9(11,12)16-6-3-1-5(2-4-6)7-14-8(13)17-15-7/h1-4H,(H2,13,14,15). The van der Waals surface area contributed by atoms with Crippen LogP contribution in [0.5, 0.6) is 5.75 Å². The highest BCUT2D eigenvalue weighted by Gasteiger charge is 2.30. The van der Waals surface area contributed by atoms with Crippen LogP contribution in [0.2, 0.25) is 0 Å². The monoisotopic (exact) mass is 245 g/mol. The van der Waals surface area contributed by atoms with Crippen LogP contribution in [0.1, 0.15) is 0 Å². The van der Waals surface area contributed by atoms with Gasteiger partial charge in [-0.25, -0.2) is 0 Å². The number of anilines is 1. The third-order valence-corrected chi connectivity index (χ3v) is 1.79. The molecular formula is C9H6F3N3O2. The van der Waals surface area contributed by atoms with Crippen molar-refractivity contribution in [2.45, 2.75) is 6.36 Å². The van der Waals surface area contributed by atoms with E-state index in [0.29, 0.717) is 5.56 Å². The Morgan fingerprint density at radius 2 is 1.82 bits per heavy atom. The first-order valence-corrected chi connectivity index (χ1v) is 4.39. The SMILES string of the molecule is Nc1nc(-c2ccc(OC(F)(F)F)cc2)no1. The number of nitrogen functional groups attached to an aromatic ring is 1. The van der Waals surface area contributed by atoms with Crippen LogP contribution in [0.4, 0.5) is 19.2 Å². The van der Waals surface area contributed by atoms with Crippen LogP contribution in [0.25, 0.3) is 11.4 Å². The number of hydrogen-bond donors (Lipinski definition) is 1. The molecule has 0 radical (unpaired) electrons. The Labute approximate surface area is 93.0 Å². The van der Waals surface area contributed by atoms with E-state index in [2.05, 4.69) is 19.4 Å². The second-order valence-electron chi connectivity index (χ2n) is 3.03. The molecule has 2 aromatic rings. The average Bonchev–Trinajstić information content (AvgIpc) is 2.63. The summed E-state index contributed by atoms with van der Waals surface area (Å²) in [4.78, 5) is 3.72. The molecule has 17 heavy (non-hydrogen) atoms. The molecule has 0 fully saturated rings. The molecule has 0 saturated carbocycles. The topological polar surface area (TPSA) is 74.2 Å². The molecule has 1 aromatic carbocycles. The van der Waals surface area contributed by atoms with Crippen LogP contribution in [-0.2, 0) is 0 Å². The van der Waals surface area contributed by atoms with Crippen LogP contribution in [0, 0.1) is 0 Å². The van der Waals surface area contributed by atoms with E-state index in [1.165, 1.54) is 12.1 Å². The van der Waals surface area contributed by atoms with Gasteiger partial charge in [0.2, 0.25) is 5.82 Å². The van der Waals surface area contributed by atoms with Gasteiger partial charge in [-0.15, -0.1) is 13.2 Å². The summed E-state index contributed by atoms with van der Waals surface area (Å²) >= 11 is 0. The van der Waals surface area contributed by atoms with Gasteiger partial charge in [-0.3, -0.25) is 0 Å². The zero-order valence-electron chi connectivity index (χ0n) is 8.23. The number of alkyl halides is 3. The Morgan fingerprint density at radius 1 is 1.18 bits per heavy atom. The van der Waals surface area contributed by atoms with E-state index in [1.807, 2.05) is 0 Å². The molecule has 1 heterocycles. The first-order chi connectivity index (χ1) is 7.94. The van der Waals surface area contributed by atoms with Crippen LogP contribution >= 0.6 is 0 Å². The smallest absolute Gasteiger partial charge is 0.406 e. The Kier molecular flexibility index (Phi) is 2.62. The second-order valence-corrected chi connectivity index (χ2v) is 3.03. The van der Waals surface area contributed by atoms with Gasteiger partial charge < -0.3 is 15.0 Å². The summed E-state index contributed by atoms with van der Waals surface area (Å²) in [5.41, 5.74) is 5.69. The number of aromatic nitrogens is 2. The Morgan fingerprint density at radius 3 is 2.29 bits per heavy atom. The van der Waals surface area contributed by atoms with Gasteiger partial charge in [0.25, 0.3) is 0 Å². The maximum absolute atomic E-state index is 11.9. The third-order valence-electron chi connectivity index (χ3n) is 1.79. The number of nitrogens with two attached hydrogens (primary N) is 1. The van der Waals surface area contributed by atoms with Crippen molar-refractivity contribution in [2.24, 2.45) is 0 Å². The minimum atomic E-state index is -4.71. The highest BCUT2D eigenvalue weighted by atomic mass is 19.4. The van der Waals surface area contributed by atoms with Gasteiger partial charge in [-0.05, 0) is 24.3 Å². The molecule has 0 amide bonds. The molecule has 0 unspecified atom stereocenters. The van der Waals surface area contributed by atoms with Gasteiger partial charge in [-0.2, -0.15) is 4.98 Å². The number of halogens is 3. The van der Waals surface area contributed by atoms with E-state index in [1.54, 1.807) is 0 Å². The van der Waals surface area contributed by atoms with E-state index in [-0.39, 0.29) is 17.6 Å². The highest BCUT2D eigenvalue weighted by molar-refractivity contribution is 5.56. The summed E-state index contributed by atoms with van der Waals surface area (Å²) in [6, 6.07) is 4.91. The molecule has 2 N–H and O–H groups in total. The largest absolute Gasteiger partial charge is 0.573 e. The summed E-state index contributed by atoms with van der Waals surface area (Å²) in [5, 5.41) is 3.52. The maximum atomic E-state index is 11.9. The highest BCUT2D eigenvalue weighted by Crippen LogP contribution is 2.25. The molecule has 0 bridgehead atoms. The predicted molar refractivity (Wildman–Crippen MR) is 50.8 cm³/mol. The third kappa shape index (κ3) is 2.86. The fraction of sp³-hybridized carbons (Fsp3) is 0.111. The normalized spacial score (nSPS) is 11.5. The second kappa shape index (κ2) is 3.96. The van der Waals surface area contributed by atoms with Gasteiger partial charge in [0, 0.05) is 5.56 Å². The van der Waals surface area contributed by atoms with Crippen LogP contribution in [0.15, 0.2) is 28.8 Å². The van der Waals surface area contributed by atoms with Crippen molar-refractivity contribution in [2.75, 3.05) is 5.73 Å². The summed E-state index contributed by atoms with van der Waals surface area (Å²) < 4.78 is 43.9. The Bertz CT molecular complexity index is 507. The summed E-state index contributed by atoms with van der Waals surface area (Å²) in [5.74, 6) is -0.126. The molecule has 0 aliphatic rings. The van der Waals surface area contributed by atoms with E-state index in [0.717, 1.165) is 12.1 Å². The lowest BCUT2D eigenvalue weighted by Crippen LogP contribution is -2.16. The van der Waals surface area contributed by atoms with E-state index < -0.39 is 6.36 Å². The zero-order chi connectivity index (χ0) is 12.5. The van der Waals surface area contributed by atoms with Crippen molar-refractivity contribution in [1.82, 2.24) is 10.1 Å². The lowest BCUT2D eigenvalue weighted by Gasteiger charge is -2.08. The predicted octanol–water partition coefficient (Wildman–Crippen LogP) is 2.22. The number of nitrogens with zero attached hydrogens (tertiary/aromatic N) is 2. The van der Waals surface area contributed by atoms with Gasteiger partial charge in [-0.1, -0.05) is 5.16 Å². The van der Waals surface area contributed by atoms with Gasteiger partial charge in [0.05, 0.1) is 0 Å². The molecule has 90 valence electrons. The van der Waals surface area contributed by atoms with E-state index >= 15 is 0 Å². The summed E-state index contributed by atoms with van der Waals surface area (Å²) in [7, 11) is 0. The summed E-state index contributed by atoms with van der Waals surface area (Å²) in [6.07, 6.45) is -4.71. The molecule has 0 saturated heterocycles. The zero-order valence-corrected chi connectivity index (χ0v) is 8.23. The van der Waals surface area contributed by atoms with Crippen LogP contribution in [-0.4, -0.2) is 16.5 Å². The van der Waals surface area contributed by atoms with Crippen molar-refractivity contribution >= 4 is 6.01 Å². The lowest BCUT2D eigenvalue weighted by molar-refractivity contribution is -0.274. The maximum Gasteiger partial charge on any atom is 0.573 e. The molecule has 5 nitrogen and oxygen atoms in total. The molecule has 8 heteroatoms. The van der Waals surface area contributed by atoms with Gasteiger partial charge in [0.15, 0.2) is 0 Å². The molecule has 2 rings (SSSR count). The van der Waals surface area contributed by atoms with Crippen molar-refractivity contribution < 1.29 is 22.4 Å². The average molecular weight is 245 g/mol. The van der Waals surface area contributed by atoms with Crippen molar-refractivity contribution in [3.63, 3.8) is 0 Å².